The normalized spacial score (nSPS) is 47.2. The van der Waals surface area contributed by atoms with E-state index in [1.165, 1.54) is 12.2 Å². The first-order valence-corrected chi connectivity index (χ1v) is 15.9. The number of carbonyl (C=O) groups excluding carboxylic acids is 1. The molecule has 0 radical (unpaired) electrons. The summed E-state index contributed by atoms with van der Waals surface area (Å²) in [4.78, 5) is 24.4. The molecule has 262 valence electrons. The van der Waals surface area contributed by atoms with E-state index in [2.05, 4.69) is 0 Å². The smallest absolute Gasteiger partial charge is 0.330 e. The molecular formula is C33H47NO13. The number of aliphatic hydroxyl groups is 5. The van der Waals surface area contributed by atoms with E-state index >= 15 is 0 Å². The van der Waals surface area contributed by atoms with Crippen molar-refractivity contribution in [2.24, 2.45) is 11.7 Å². The van der Waals surface area contributed by atoms with Crippen LogP contribution in [0.15, 0.2) is 60.8 Å². The summed E-state index contributed by atoms with van der Waals surface area (Å²) in [7, 11) is 0. The molecule has 4 aliphatic heterocycles. The van der Waals surface area contributed by atoms with Crippen LogP contribution < -0.4 is 5.73 Å². The van der Waals surface area contributed by atoms with Gasteiger partial charge in [0.2, 0.25) is 0 Å². The van der Waals surface area contributed by atoms with Crippen LogP contribution in [0.25, 0.3) is 0 Å². The third kappa shape index (κ3) is 10.6. The fraction of sp³-hybridized carbons (Fsp3) is 0.636. The summed E-state index contributed by atoms with van der Waals surface area (Å²) in [6, 6.07) is -1.08. The van der Waals surface area contributed by atoms with Gasteiger partial charge in [0.1, 0.15) is 24.2 Å². The number of fused-ring (bicyclic) bond motifs is 3. The number of hydrogen-bond acceptors (Lipinski definition) is 13. The van der Waals surface area contributed by atoms with Crippen LogP contribution in [0.1, 0.15) is 46.0 Å². The molecule has 0 spiro atoms. The summed E-state index contributed by atoms with van der Waals surface area (Å²) in [5.41, 5.74) is 5.98. The first-order chi connectivity index (χ1) is 22.3. The van der Waals surface area contributed by atoms with Crippen LogP contribution in [0.3, 0.4) is 0 Å². The highest BCUT2D eigenvalue weighted by molar-refractivity contribution is 5.82. The third-order valence-corrected chi connectivity index (χ3v) is 8.58. The van der Waals surface area contributed by atoms with E-state index in [1.807, 2.05) is 6.08 Å². The number of carbonyl (C=O) groups is 2. The molecule has 1 unspecified atom stereocenters. The zero-order chi connectivity index (χ0) is 34.3. The minimum Gasteiger partial charge on any atom is -0.481 e. The van der Waals surface area contributed by atoms with Crippen LogP contribution >= 0.6 is 0 Å². The van der Waals surface area contributed by atoms with Crippen molar-refractivity contribution in [3.8, 4) is 0 Å². The van der Waals surface area contributed by atoms with Gasteiger partial charge in [0.15, 0.2) is 12.1 Å². The Morgan fingerprint density at radius 1 is 0.936 bits per heavy atom. The zero-order valence-electron chi connectivity index (χ0n) is 26.4. The van der Waals surface area contributed by atoms with Gasteiger partial charge in [-0.05, 0) is 19.9 Å². The molecule has 4 aliphatic rings. The minimum atomic E-state index is -2.10. The number of carboxylic acids is 1. The fourth-order valence-corrected chi connectivity index (χ4v) is 6.00. The van der Waals surface area contributed by atoms with Crippen molar-refractivity contribution in [2.75, 3.05) is 0 Å². The molecule has 0 aromatic carbocycles. The number of nitrogens with two attached hydrogens (primary N) is 1. The Morgan fingerprint density at radius 2 is 1.64 bits per heavy atom. The average Bonchev–Trinajstić information content (AvgIpc) is 3.72. The number of hydrogen-bond donors (Lipinski definition) is 7. The van der Waals surface area contributed by atoms with Gasteiger partial charge in [-0.3, -0.25) is 4.79 Å². The van der Waals surface area contributed by atoms with E-state index in [0.29, 0.717) is 6.42 Å². The van der Waals surface area contributed by atoms with Gasteiger partial charge < -0.3 is 60.1 Å². The molecule has 8 N–H and O–H groups in total. The molecule has 3 saturated heterocycles. The molecule has 0 aromatic heterocycles. The molecule has 0 aromatic rings. The van der Waals surface area contributed by atoms with Crippen LogP contribution in [0.5, 0.6) is 0 Å². The molecule has 14 atom stereocenters. The molecule has 2 bridgehead atoms. The van der Waals surface area contributed by atoms with E-state index < -0.39 is 97.3 Å². The van der Waals surface area contributed by atoms with Crippen molar-refractivity contribution >= 4 is 11.9 Å². The summed E-state index contributed by atoms with van der Waals surface area (Å²) >= 11 is 0. The van der Waals surface area contributed by atoms with Gasteiger partial charge in [0, 0.05) is 38.2 Å². The molecule has 4 heterocycles. The Morgan fingerprint density at radius 3 is 2.36 bits per heavy atom. The monoisotopic (exact) mass is 665 g/mol. The van der Waals surface area contributed by atoms with E-state index in [9.17, 15) is 40.2 Å². The second kappa shape index (κ2) is 16.6. The number of aliphatic hydroxyl groups excluding tert-OH is 4. The van der Waals surface area contributed by atoms with Gasteiger partial charge in [-0.2, -0.15) is 0 Å². The Labute approximate surface area is 273 Å². The molecule has 47 heavy (non-hydrogen) atoms. The number of epoxide rings is 1. The summed E-state index contributed by atoms with van der Waals surface area (Å²) in [5, 5.41) is 63.9. The lowest BCUT2D eigenvalue weighted by molar-refractivity contribution is -0.308. The Kier molecular flexibility index (Phi) is 13.1. The zero-order valence-corrected chi connectivity index (χ0v) is 26.4. The third-order valence-electron chi connectivity index (χ3n) is 8.58. The molecular weight excluding hydrogens is 618 g/mol. The predicted molar refractivity (Wildman–Crippen MR) is 165 cm³/mol. The number of carboxylic acid groups (broad SMARTS) is 1. The van der Waals surface area contributed by atoms with Crippen LogP contribution in [-0.2, 0) is 33.3 Å². The van der Waals surface area contributed by atoms with Crippen molar-refractivity contribution in [3.05, 3.63) is 60.8 Å². The van der Waals surface area contributed by atoms with Crippen LogP contribution in [0.2, 0.25) is 0 Å². The Balaban J connectivity index is 1.58. The summed E-state index contributed by atoms with van der Waals surface area (Å²) in [6.45, 7) is 3.34. The first-order valence-electron chi connectivity index (χ1n) is 15.9. The number of allylic oxidation sites excluding steroid dienone is 6. The standard InChI is InChI=1S/C33H47NO13/c1-18-10-8-6-4-3-5-7-9-11-21(45-32-30(39)28(34)29(38)19(2)44-32)15-25-27(31(40)41)22(36)17-33(42,47-25)16-20(35)14-24-23(46-24)12-13-26(37)43-18/h3-9,11-13,18-25,27-30,32,35-36,38-39,42H,10,14-17,34H2,1-2H3,(H,40,41)/b4-3+,7-5+,8-6+,11-9+,13-12+/t18-,19-,20?,21+,22+,23-,24-,25+,27-,28+,29-,30+,32+,33-/m1/s1. The fourth-order valence-electron chi connectivity index (χ4n) is 6.00. The molecule has 0 aliphatic carbocycles. The van der Waals surface area contributed by atoms with E-state index in [4.69, 9.17) is 29.4 Å². The number of ether oxygens (including phenoxy) is 5. The highest BCUT2D eigenvalue weighted by Crippen LogP contribution is 2.39. The topological polar surface area (TPSA) is 231 Å². The first kappa shape index (κ1) is 37.1. The molecule has 14 nitrogen and oxygen atoms in total. The number of rotatable bonds is 3. The summed E-state index contributed by atoms with van der Waals surface area (Å²) < 4.78 is 28.5. The number of aliphatic carboxylic acids is 1. The second-order valence-corrected chi connectivity index (χ2v) is 12.6. The van der Waals surface area contributed by atoms with Gasteiger partial charge in [-0.15, -0.1) is 0 Å². The predicted octanol–water partition coefficient (Wildman–Crippen LogP) is 0.120. The van der Waals surface area contributed by atoms with Gasteiger partial charge in [0.25, 0.3) is 0 Å². The van der Waals surface area contributed by atoms with Crippen molar-refractivity contribution in [1.82, 2.24) is 0 Å². The summed E-state index contributed by atoms with van der Waals surface area (Å²) in [6.07, 6.45) is 5.25. The Bertz CT molecular complexity index is 1220. The van der Waals surface area contributed by atoms with Crippen molar-refractivity contribution < 1.29 is 63.9 Å². The van der Waals surface area contributed by atoms with Crippen molar-refractivity contribution in [1.29, 1.82) is 0 Å². The number of esters is 1. The van der Waals surface area contributed by atoms with Crippen LogP contribution in [0, 0.1) is 5.92 Å². The van der Waals surface area contributed by atoms with Gasteiger partial charge in [-0.25, -0.2) is 4.79 Å². The van der Waals surface area contributed by atoms with E-state index in [0.717, 1.165) is 0 Å². The Hall–Kier alpha value is -2.76. The lowest BCUT2D eigenvalue weighted by Crippen LogP contribution is -2.61. The lowest BCUT2D eigenvalue weighted by atomic mass is 9.83. The lowest BCUT2D eigenvalue weighted by Gasteiger charge is -2.45. The van der Waals surface area contributed by atoms with E-state index in [-0.39, 0.29) is 25.4 Å². The SMILES string of the molecule is C[C@@H]1C/C=C/C=C/C=C/C=C/[C@H](O[C@@H]2O[C@H](C)[C@@H](O)[C@H](N)[C@@H]2O)C[C@@H]2O[C@](O)(CC(O)C[C@H]3O[C@@H]3/C=C/C(=O)O1)C[C@H](O)[C@H]2C(=O)O. The molecule has 3 fully saturated rings. The van der Waals surface area contributed by atoms with E-state index in [1.54, 1.807) is 56.4 Å². The molecule has 4 rings (SSSR count). The van der Waals surface area contributed by atoms with Crippen LogP contribution in [0.4, 0.5) is 0 Å². The van der Waals surface area contributed by atoms with Gasteiger partial charge >= 0.3 is 11.9 Å². The molecule has 0 amide bonds. The maximum Gasteiger partial charge on any atom is 0.330 e. The highest BCUT2D eigenvalue weighted by Gasteiger charge is 2.51. The minimum absolute atomic E-state index is 0.0789. The average molecular weight is 666 g/mol. The quantitative estimate of drug-likeness (QED) is 0.157. The largest absolute Gasteiger partial charge is 0.481 e. The van der Waals surface area contributed by atoms with Gasteiger partial charge in [0.05, 0.1) is 48.8 Å². The molecule has 0 saturated carbocycles. The second-order valence-electron chi connectivity index (χ2n) is 12.6. The maximum absolute atomic E-state index is 12.3. The van der Waals surface area contributed by atoms with Crippen LogP contribution in [-0.4, -0.2) is 122 Å². The van der Waals surface area contributed by atoms with Crippen molar-refractivity contribution in [3.63, 3.8) is 0 Å². The number of cyclic esters (lactones) is 1. The highest BCUT2D eigenvalue weighted by atomic mass is 16.7. The van der Waals surface area contributed by atoms with Crippen molar-refractivity contribution in [2.45, 2.75) is 125 Å². The maximum atomic E-state index is 12.3. The van der Waals surface area contributed by atoms with Gasteiger partial charge in [-0.1, -0.05) is 48.6 Å². The summed E-state index contributed by atoms with van der Waals surface area (Å²) in [5.74, 6) is -5.45. The molecule has 14 heteroatoms.